The minimum atomic E-state index is 0.145. The van der Waals surface area contributed by atoms with Crippen LogP contribution in [0.5, 0.6) is 0 Å². The van der Waals surface area contributed by atoms with E-state index in [-0.39, 0.29) is 5.70 Å². The number of aliphatic imine (C=N–C) groups is 1. The van der Waals surface area contributed by atoms with Gasteiger partial charge in [-0.05, 0) is 19.4 Å². The number of aromatic nitrogens is 2. The first-order valence-electron chi connectivity index (χ1n) is 4.67. The van der Waals surface area contributed by atoms with Crippen molar-refractivity contribution in [3.05, 3.63) is 42.1 Å². The van der Waals surface area contributed by atoms with Crippen LogP contribution in [0.3, 0.4) is 0 Å². The Bertz CT molecular complexity index is 506. The van der Waals surface area contributed by atoms with Gasteiger partial charge in [-0.15, -0.1) is 0 Å². The molecular weight excluding hydrogens is 200 g/mol. The van der Waals surface area contributed by atoms with Crippen LogP contribution in [0.1, 0.15) is 17.1 Å². The lowest BCUT2D eigenvalue weighted by Gasteiger charge is -2.03. The van der Waals surface area contributed by atoms with Gasteiger partial charge in [-0.2, -0.15) is 5.26 Å². The fraction of sp³-hybridized carbons (Fsp3) is 0.167. The molecule has 0 N–H and O–H groups in total. The summed E-state index contributed by atoms with van der Waals surface area (Å²) in [4.78, 5) is 12.2. The molecule has 1 rings (SSSR count). The summed E-state index contributed by atoms with van der Waals surface area (Å²) in [5.41, 5.74) is 2.47. The number of hydrogen-bond acceptors (Lipinski definition) is 4. The molecule has 80 valence electrons. The summed E-state index contributed by atoms with van der Waals surface area (Å²) in [6.07, 6.45) is 3.19. The van der Waals surface area contributed by atoms with Crippen molar-refractivity contribution in [1.82, 2.24) is 9.97 Å². The van der Waals surface area contributed by atoms with Crippen molar-refractivity contribution < 1.29 is 0 Å². The number of nitrogens with zero attached hydrogens (tertiary/aromatic N) is 4. The van der Waals surface area contributed by atoms with E-state index in [1.165, 1.54) is 6.21 Å². The van der Waals surface area contributed by atoms with Crippen LogP contribution < -0.4 is 0 Å². The van der Waals surface area contributed by atoms with Crippen LogP contribution >= 0.6 is 0 Å². The third-order valence-electron chi connectivity index (χ3n) is 1.95. The van der Waals surface area contributed by atoms with Crippen LogP contribution in [0.4, 0.5) is 0 Å². The highest BCUT2D eigenvalue weighted by atomic mass is 14.9. The van der Waals surface area contributed by atoms with E-state index in [2.05, 4.69) is 28.1 Å². The summed E-state index contributed by atoms with van der Waals surface area (Å²) in [7, 11) is 0. The number of nitriles is 1. The molecule has 4 nitrogen and oxygen atoms in total. The predicted octanol–water partition coefficient (Wildman–Crippen LogP) is 2.21. The van der Waals surface area contributed by atoms with Crippen molar-refractivity contribution in [2.75, 3.05) is 0 Å². The minimum Gasteiger partial charge on any atom is -0.246 e. The number of aryl methyl sites for hydroxylation is 2. The summed E-state index contributed by atoms with van der Waals surface area (Å²) >= 11 is 0. The monoisotopic (exact) mass is 212 g/mol. The van der Waals surface area contributed by atoms with Gasteiger partial charge in [-0.1, -0.05) is 13.2 Å². The van der Waals surface area contributed by atoms with Crippen molar-refractivity contribution in [2.24, 2.45) is 4.99 Å². The van der Waals surface area contributed by atoms with Gasteiger partial charge in [0.2, 0.25) is 0 Å². The van der Waals surface area contributed by atoms with Crippen LogP contribution in [0.15, 0.2) is 30.0 Å². The molecule has 0 aliphatic rings. The molecule has 0 saturated carbocycles. The number of hydrogen-bond donors (Lipinski definition) is 0. The van der Waals surface area contributed by atoms with Crippen molar-refractivity contribution in [1.29, 1.82) is 5.26 Å². The zero-order valence-electron chi connectivity index (χ0n) is 9.36. The van der Waals surface area contributed by atoms with E-state index in [1.807, 2.05) is 19.9 Å². The second kappa shape index (κ2) is 4.99. The molecule has 0 aliphatic carbocycles. The Morgan fingerprint density at radius 2 is 2.19 bits per heavy atom. The molecule has 0 fully saturated rings. The van der Waals surface area contributed by atoms with E-state index >= 15 is 0 Å². The van der Waals surface area contributed by atoms with E-state index in [0.717, 1.165) is 11.3 Å². The first-order chi connectivity index (χ1) is 7.54. The first kappa shape index (κ1) is 11.8. The molecule has 1 heterocycles. The maximum Gasteiger partial charge on any atom is 0.133 e. The molecule has 16 heavy (non-hydrogen) atoms. The van der Waals surface area contributed by atoms with Crippen LogP contribution in [-0.2, 0) is 0 Å². The molecule has 0 amide bonds. The van der Waals surface area contributed by atoms with Gasteiger partial charge < -0.3 is 0 Å². The first-order valence-corrected chi connectivity index (χ1v) is 4.67. The van der Waals surface area contributed by atoms with E-state index in [4.69, 9.17) is 5.26 Å². The van der Waals surface area contributed by atoms with E-state index in [1.54, 1.807) is 6.20 Å². The fourth-order valence-electron chi connectivity index (χ4n) is 1.15. The Labute approximate surface area is 94.7 Å². The van der Waals surface area contributed by atoms with Gasteiger partial charge in [-0.3, -0.25) is 0 Å². The molecule has 0 radical (unpaired) electrons. The molecule has 0 saturated heterocycles. The van der Waals surface area contributed by atoms with Gasteiger partial charge in [0.25, 0.3) is 0 Å². The molecular formula is C12H12N4. The molecule has 0 bridgehead atoms. The lowest BCUT2D eigenvalue weighted by atomic mass is 10.1. The van der Waals surface area contributed by atoms with E-state index in [0.29, 0.717) is 11.4 Å². The largest absolute Gasteiger partial charge is 0.246 e. The number of rotatable bonds is 3. The summed E-state index contributed by atoms with van der Waals surface area (Å²) in [6, 6.07) is 1.83. The summed E-state index contributed by atoms with van der Waals surface area (Å²) in [5.74, 6) is 0.715. The second-order valence-electron chi connectivity index (χ2n) is 3.26. The molecule has 4 heteroatoms. The van der Waals surface area contributed by atoms with Crippen LogP contribution in [0.25, 0.3) is 5.57 Å². The zero-order valence-corrected chi connectivity index (χ0v) is 9.36. The number of allylic oxidation sites excluding steroid dienone is 2. The Kier molecular flexibility index (Phi) is 3.67. The quantitative estimate of drug-likeness (QED) is 0.570. The summed E-state index contributed by atoms with van der Waals surface area (Å²) in [5, 5.41) is 8.49. The maximum absolute atomic E-state index is 8.49. The smallest absolute Gasteiger partial charge is 0.133 e. The topological polar surface area (TPSA) is 61.9 Å². The molecule has 0 atom stereocenters. The van der Waals surface area contributed by atoms with E-state index in [9.17, 15) is 0 Å². The molecule has 0 spiro atoms. The average Bonchev–Trinajstić information content (AvgIpc) is 2.25. The zero-order chi connectivity index (χ0) is 12.1. The standard InChI is InChI=1S/C12H12N4/c1-8(6-14-9(2)5-13)12-7-15-11(4)16-10(12)3/h6-7H,1-2H2,3-4H3/b14-6+. The van der Waals surface area contributed by atoms with Crippen LogP contribution in [0, 0.1) is 25.2 Å². The molecule has 1 aromatic rings. The third-order valence-corrected chi connectivity index (χ3v) is 1.95. The Balaban J connectivity index is 2.94. The van der Waals surface area contributed by atoms with Gasteiger partial charge in [-0.25, -0.2) is 15.0 Å². The average molecular weight is 212 g/mol. The lowest BCUT2D eigenvalue weighted by Crippen LogP contribution is -1.97. The third kappa shape index (κ3) is 2.85. The van der Waals surface area contributed by atoms with Crippen molar-refractivity contribution in [2.45, 2.75) is 13.8 Å². The molecule has 1 aromatic heterocycles. The summed E-state index contributed by atoms with van der Waals surface area (Å²) in [6.45, 7) is 11.0. The fourth-order valence-corrected chi connectivity index (χ4v) is 1.15. The van der Waals surface area contributed by atoms with Gasteiger partial charge in [0.15, 0.2) is 0 Å². The van der Waals surface area contributed by atoms with Gasteiger partial charge in [0.05, 0.1) is 0 Å². The van der Waals surface area contributed by atoms with Crippen LogP contribution in [-0.4, -0.2) is 16.2 Å². The highest BCUT2D eigenvalue weighted by molar-refractivity contribution is 6.09. The Morgan fingerprint density at radius 1 is 1.50 bits per heavy atom. The van der Waals surface area contributed by atoms with Crippen LogP contribution in [0.2, 0.25) is 0 Å². The lowest BCUT2D eigenvalue weighted by molar-refractivity contribution is 1.00. The van der Waals surface area contributed by atoms with Gasteiger partial charge >= 0.3 is 0 Å². The van der Waals surface area contributed by atoms with Crippen molar-refractivity contribution >= 4 is 11.8 Å². The summed E-state index contributed by atoms with van der Waals surface area (Å²) < 4.78 is 0. The minimum absolute atomic E-state index is 0.145. The van der Waals surface area contributed by atoms with Crippen molar-refractivity contribution in [3.63, 3.8) is 0 Å². The molecule has 0 aromatic carbocycles. The molecule has 0 aliphatic heterocycles. The normalized spacial score (nSPS) is 10.1. The SMILES string of the molecule is C=C(C#N)/N=C/C(=C)c1cnc(C)nc1C. The maximum atomic E-state index is 8.49. The van der Waals surface area contributed by atoms with Crippen molar-refractivity contribution in [3.8, 4) is 6.07 Å². The van der Waals surface area contributed by atoms with E-state index < -0.39 is 0 Å². The van der Waals surface area contributed by atoms with Gasteiger partial charge in [0, 0.05) is 23.7 Å². The molecule has 0 unspecified atom stereocenters. The highest BCUT2D eigenvalue weighted by Gasteiger charge is 2.03. The predicted molar refractivity (Wildman–Crippen MR) is 63.8 cm³/mol. The van der Waals surface area contributed by atoms with Gasteiger partial charge in [0.1, 0.15) is 17.6 Å². The Morgan fingerprint density at radius 3 is 2.75 bits per heavy atom. The second-order valence-corrected chi connectivity index (χ2v) is 3.26. The highest BCUT2D eigenvalue weighted by Crippen LogP contribution is 2.13. The Hall–Kier alpha value is -2.28.